The van der Waals surface area contributed by atoms with Crippen LogP contribution in [0.4, 0.5) is 0 Å². The second kappa shape index (κ2) is 4.76. The standard InChI is InChI=1S/C15H19NO/c1-3-10(2)15(16)14-12-7-5-4-6-11(12)8-9-13(14)17/h4-10,15,17H,3,16H2,1-2H3/t10?,15-/m1/s1. The number of rotatable bonds is 3. The van der Waals surface area contributed by atoms with Gasteiger partial charge < -0.3 is 10.8 Å². The molecule has 0 aliphatic heterocycles. The lowest BCUT2D eigenvalue weighted by Crippen LogP contribution is -2.19. The molecule has 0 fully saturated rings. The minimum absolute atomic E-state index is 0.119. The van der Waals surface area contributed by atoms with E-state index in [1.807, 2.05) is 30.3 Å². The first kappa shape index (κ1) is 11.9. The maximum Gasteiger partial charge on any atom is 0.120 e. The Bertz CT molecular complexity index is 521. The van der Waals surface area contributed by atoms with Crippen molar-refractivity contribution in [2.75, 3.05) is 0 Å². The normalized spacial score (nSPS) is 14.8. The number of hydrogen-bond acceptors (Lipinski definition) is 2. The Balaban J connectivity index is 2.62. The molecule has 1 unspecified atom stereocenters. The zero-order valence-electron chi connectivity index (χ0n) is 10.4. The van der Waals surface area contributed by atoms with Gasteiger partial charge in [-0.2, -0.15) is 0 Å². The van der Waals surface area contributed by atoms with E-state index >= 15 is 0 Å². The summed E-state index contributed by atoms with van der Waals surface area (Å²) in [5.41, 5.74) is 7.13. The van der Waals surface area contributed by atoms with Gasteiger partial charge in [0.15, 0.2) is 0 Å². The number of aromatic hydroxyl groups is 1. The third-order valence-electron chi connectivity index (χ3n) is 3.54. The second-order valence-corrected chi connectivity index (χ2v) is 4.63. The average Bonchev–Trinajstić information content (AvgIpc) is 2.37. The Morgan fingerprint density at radius 2 is 1.88 bits per heavy atom. The summed E-state index contributed by atoms with van der Waals surface area (Å²) in [4.78, 5) is 0. The Kier molecular flexibility index (Phi) is 3.34. The minimum atomic E-state index is -0.119. The van der Waals surface area contributed by atoms with E-state index in [0.717, 1.165) is 22.8 Å². The van der Waals surface area contributed by atoms with Gasteiger partial charge in [-0.05, 0) is 22.8 Å². The van der Waals surface area contributed by atoms with E-state index in [4.69, 9.17) is 5.73 Å². The topological polar surface area (TPSA) is 46.2 Å². The summed E-state index contributed by atoms with van der Waals surface area (Å²) < 4.78 is 0. The van der Waals surface area contributed by atoms with Crippen molar-refractivity contribution in [3.63, 3.8) is 0 Å². The molecule has 0 heterocycles. The zero-order valence-corrected chi connectivity index (χ0v) is 10.4. The Morgan fingerprint density at radius 3 is 2.59 bits per heavy atom. The van der Waals surface area contributed by atoms with Crippen molar-refractivity contribution in [1.82, 2.24) is 0 Å². The fourth-order valence-electron chi connectivity index (χ4n) is 2.17. The van der Waals surface area contributed by atoms with E-state index in [1.54, 1.807) is 6.07 Å². The highest BCUT2D eigenvalue weighted by atomic mass is 16.3. The molecular formula is C15H19NO. The number of nitrogens with two attached hydrogens (primary N) is 1. The lowest BCUT2D eigenvalue weighted by Gasteiger charge is -2.21. The van der Waals surface area contributed by atoms with Crippen LogP contribution in [0.3, 0.4) is 0 Å². The van der Waals surface area contributed by atoms with Gasteiger partial charge >= 0.3 is 0 Å². The van der Waals surface area contributed by atoms with Crippen molar-refractivity contribution in [2.24, 2.45) is 11.7 Å². The fourth-order valence-corrected chi connectivity index (χ4v) is 2.17. The van der Waals surface area contributed by atoms with Crippen molar-refractivity contribution in [2.45, 2.75) is 26.3 Å². The molecule has 0 aromatic heterocycles. The highest BCUT2D eigenvalue weighted by Crippen LogP contribution is 2.35. The summed E-state index contributed by atoms with van der Waals surface area (Å²) in [5, 5.41) is 12.2. The van der Waals surface area contributed by atoms with Crippen LogP contribution in [0.25, 0.3) is 10.8 Å². The first-order valence-corrected chi connectivity index (χ1v) is 6.11. The monoisotopic (exact) mass is 229 g/mol. The third-order valence-corrected chi connectivity index (χ3v) is 3.54. The van der Waals surface area contributed by atoms with Gasteiger partial charge in [-0.3, -0.25) is 0 Å². The maximum absolute atomic E-state index is 10.0. The molecule has 2 atom stereocenters. The molecule has 0 aliphatic rings. The summed E-state index contributed by atoms with van der Waals surface area (Å²) in [6, 6.07) is 11.6. The second-order valence-electron chi connectivity index (χ2n) is 4.63. The van der Waals surface area contributed by atoms with Crippen molar-refractivity contribution >= 4 is 10.8 Å². The van der Waals surface area contributed by atoms with Gasteiger partial charge in [0.1, 0.15) is 5.75 Å². The summed E-state index contributed by atoms with van der Waals surface area (Å²) in [7, 11) is 0. The highest BCUT2D eigenvalue weighted by molar-refractivity contribution is 5.88. The molecule has 0 saturated heterocycles. The van der Waals surface area contributed by atoms with Crippen LogP contribution < -0.4 is 5.73 Å². The van der Waals surface area contributed by atoms with Gasteiger partial charge in [-0.25, -0.2) is 0 Å². The predicted octanol–water partition coefficient (Wildman–Crippen LogP) is 3.59. The van der Waals surface area contributed by atoms with E-state index in [9.17, 15) is 5.11 Å². The van der Waals surface area contributed by atoms with Gasteiger partial charge in [-0.1, -0.05) is 50.6 Å². The van der Waals surface area contributed by atoms with Crippen LogP contribution in [0.1, 0.15) is 31.9 Å². The molecule has 0 bridgehead atoms. The van der Waals surface area contributed by atoms with Gasteiger partial charge in [0.25, 0.3) is 0 Å². The quantitative estimate of drug-likeness (QED) is 0.844. The van der Waals surface area contributed by atoms with Gasteiger partial charge in [0.05, 0.1) is 0 Å². The third kappa shape index (κ3) is 2.13. The summed E-state index contributed by atoms with van der Waals surface area (Å²) in [5.74, 6) is 0.656. The van der Waals surface area contributed by atoms with Crippen LogP contribution in [0, 0.1) is 5.92 Å². The molecule has 0 spiro atoms. The van der Waals surface area contributed by atoms with Crippen LogP contribution in [0.5, 0.6) is 5.75 Å². The minimum Gasteiger partial charge on any atom is -0.508 e. The molecule has 2 heteroatoms. The largest absolute Gasteiger partial charge is 0.508 e. The lowest BCUT2D eigenvalue weighted by molar-refractivity contribution is 0.422. The Hall–Kier alpha value is -1.54. The fraction of sp³-hybridized carbons (Fsp3) is 0.333. The predicted molar refractivity (Wildman–Crippen MR) is 72.0 cm³/mol. The SMILES string of the molecule is CCC(C)[C@@H](N)c1c(O)ccc2ccccc12. The lowest BCUT2D eigenvalue weighted by atomic mass is 9.89. The van der Waals surface area contributed by atoms with E-state index in [0.29, 0.717) is 11.7 Å². The molecule has 90 valence electrons. The molecule has 0 amide bonds. The molecule has 0 radical (unpaired) electrons. The van der Waals surface area contributed by atoms with Gasteiger partial charge in [0.2, 0.25) is 0 Å². The van der Waals surface area contributed by atoms with E-state index < -0.39 is 0 Å². The molecule has 2 nitrogen and oxygen atoms in total. The molecule has 0 saturated carbocycles. The molecule has 2 aromatic rings. The van der Waals surface area contributed by atoms with E-state index in [2.05, 4.69) is 13.8 Å². The maximum atomic E-state index is 10.0. The number of hydrogen-bond donors (Lipinski definition) is 2. The Morgan fingerprint density at radius 1 is 1.18 bits per heavy atom. The number of benzene rings is 2. The summed E-state index contributed by atoms with van der Waals surface area (Å²) >= 11 is 0. The number of fused-ring (bicyclic) bond motifs is 1. The smallest absolute Gasteiger partial charge is 0.120 e. The average molecular weight is 229 g/mol. The first-order valence-electron chi connectivity index (χ1n) is 6.11. The highest BCUT2D eigenvalue weighted by Gasteiger charge is 2.19. The first-order chi connectivity index (χ1) is 8.15. The molecule has 0 aliphatic carbocycles. The van der Waals surface area contributed by atoms with Crippen LogP contribution in [0.2, 0.25) is 0 Å². The molecular weight excluding hydrogens is 210 g/mol. The molecule has 2 aromatic carbocycles. The van der Waals surface area contributed by atoms with Crippen LogP contribution in [-0.4, -0.2) is 5.11 Å². The van der Waals surface area contributed by atoms with Gasteiger partial charge in [0, 0.05) is 11.6 Å². The molecule has 17 heavy (non-hydrogen) atoms. The van der Waals surface area contributed by atoms with Crippen molar-refractivity contribution in [3.8, 4) is 5.75 Å². The summed E-state index contributed by atoms with van der Waals surface area (Å²) in [6.45, 7) is 4.23. The zero-order chi connectivity index (χ0) is 12.4. The van der Waals surface area contributed by atoms with Crippen LogP contribution >= 0.6 is 0 Å². The van der Waals surface area contributed by atoms with Gasteiger partial charge in [-0.15, -0.1) is 0 Å². The van der Waals surface area contributed by atoms with E-state index in [1.165, 1.54) is 0 Å². The van der Waals surface area contributed by atoms with Crippen molar-refractivity contribution in [3.05, 3.63) is 42.0 Å². The number of phenols is 1. The number of phenolic OH excluding ortho intramolecular Hbond substituents is 1. The van der Waals surface area contributed by atoms with Crippen molar-refractivity contribution < 1.29 is 5.11 Å². The van der Waals surface area contributed by atoms with Crippen LogP contribution in [0.15, 0.2) is 36.4 Å². The molecule has 3 N–H and O–H groups in total. The van der Waals surface area contributed by atoms with Crippen LogP contribution in [-0.2, 0) is 0 Å². The Labute approximate surface area is 102 Å². The summed E-state index contributed by atoms with van der Waals surface area (Å²) in [6.07, 6.45) is 1.00. The van der Waals surface area contributed by atoms with Crippen molar-refractivity contribution in [1.29, 1.82) is 0 Å². The van der Waals surface area contributed by atoms with E-state index in [-0.39, 0.29) is 6.04 Å². The molecule has 2 rings (SSSR count).